The van der Waals surface area contributed by atoms with Crippen LogP contribution in [0.3, 0.4) is 0 Å². The molecule has 0 N–H and O–H groups in total. The van der Waals surface area contributed by atoms with E-state index in [1.54, 1.807) is 0 Å². The maximum absolute atomic E-state index is 6.00. The summed E-state index contributed by atoms with van der Waals surface area (Å²) in [6.45, 7) is 1.87. The molecule has 0 spiro atoms. The minimum atomic E-state index is 0.672. The first kappa shape index (κ1) is 14.0. The number of oxazole rings is 1. The molecule has 0 aliphatic carbocycles. The van der Waals surface area contributed by atoms with Crippen LogP contribution in [-0.4, -0.2) is 4.98 Å². The van der Waals surface area contributed by atoms with Crippen molar-refractivity contribution in [1.82, 2.24) is 4.98 Å². The lowest BCUT2D eigenvalue weighted by molar-refractivity contribution is 0.561. The Morgan fingerprint density at radius 1 is 0.826 bits per heavy atom. The topological polar surface area (TPSA) is 26.0 Å². The van der Waals surface area contributed by atoms with Crippen molar-refractivity contribution in [2.45, 2.75) is 6.92 Å². The number of aryl methyl sites for hydroxylation is 1. The van der Waals surface area contributed by atoms with Crippen molar-refractivity contribution in [2.75, 3.05) is 0 Å². The van der Waals surface area contributed by atoms with Gasteiger partial charge >= 0.3 is 0 Å². The summed E-state index contributed by atoms with van der Waals surface area (Å²) in [6, 6.07) is 22.3. The fraction of sp³-hybridized carbons (Fsp3) is 0.0500. The molecule has 4 aromatic rings. The van der Waals surface area contributed by atoms with Crippen molar-refractivity contribution in [3.8, 4) is 22.3 Å². The Morgan fingerprint density at radius 3 is 2.30 bits per heavy atom. The standard InChI is InChI=1S/C20H14ClNO/c1-13-22-20-18(15-5-3-2-4-6-15)11-16(12-19(20)23-13)14-7-9-17(21)10-8-14/h2-12H,1H3. The molecule has 0 saturated carbocycles. The van der Waals surface area contributed by atoms with Crippen LogP contribution in [-0.2, 0) is 0 Å². The maximum atomic E-state index is 6.00. The second kappa shape index (κ2) is 5.56. The van der Waals surface area contributed by atoms with Crippen molar-refractivity contribution in [3.05, 3.63) is 77.6 Å². The molecule has 3 heteroatoms. The van der Waals surface area contributed by atoms with Gasteiger partial charge in [0, 0.05) is 17.5 Å². The minimum Gasteiger partial charge on any atom is -0.441 e. The van der Waals surface area contributed by atoms with E-state index >= 15 is 0 Å². The average molecular weight is 320 g/mol. The molecule has 1 heterocycles. The van der Waals surface area contributed by atoms with E-state index in [1.807, 2.05) is 55.5 Å². The van der Waals surface area contributed by atoms with Crippen LogP contribution < -0.4 is 0 Å². The van der Waals surface area contributed by atoms with Gasteiger partial charge in [-0.25, -0.2) is 4.98 Å². The summed E-state index contributed by atoms with van der Waals surface area (Å²) < 4.78 is 5.78. The Bertz CT molecular complexity index is 972. The minimum absolute atomic E-state index is 0.672. The van der Waals surface area contributed by atoms with Gasteiger partial charge < -0.3 is 4.42 Å². The van der Waals surface area contributed by atoms with Crippen LogP contribution in [0.15, 0.2) is 71.1 Å². The quantitative estimate of drug-likeness (QED) is 0.444. The highest BCUT2D eigenvalue weighted by atomic mass is 35.5. The van der Waals surface area contributed by atoms with Gasteiger partial charge in [0.15, 0.2) is 11.5 Å². The molecule has 0 atom stereocenters. The molecule has 3 aromatic carbocycles. The van der Waals surface area contributed by atoms with E-state index in [0.29, 0.717) is 5.89 Å². The number of hydrogen-bond donors (Lipinski definition) is 0. The first-order chi connectivity index (χ1) is 11.2. The van der Waals surface area contributed by atoms with Crippen LogP contribution in [0.25, 0.3) is 33.4 Å². The Labute approximate surface area is 139 Å². The summed E-state index contributed by atoms with van der Waals surface area (Å²) in [7, 11) is 0. The van der Waals surface area contributed by atoms with E-state index in [0.717, 1.165) is 38.4 Å². The highest BCUT2D eigenvalue weighted by Crippen LogP contribution is 2.34. The Balaban J connectivity index is 1.98. The second-order valence-corrected chi connectivity index (χ2v) is 5.91. The third-order valence-corrected chi connectivity index (χ3v) is 4.12. The predicted molar refractivity (Wildman–Crippen MR) is 94.6 cm³/mol. The molecule has 0 amide bonds. The lowest BCUT2D eigenvalue weighted by atomic mass is 9.98. The summed E-state index contributed by atoms with van der Waals surface area (Å²) in [4.78, 5) is 4.55. The molecule has 0 fully saturated rings. The number of benzene rings is 3. The zero-order valence-corrected chi connectivity index (χ0v) is 13.3. The van der Waals surface area contributed by atoms with E-state index < -0.39 is 0 Å². The largest absolute Gasteiger partial charge is 0.441 e. The van der Waals surface area contributed by atoms with Crippen molar-refractivity contribution in [1.29, 1.82) is 0 Å². The van der Waals surface area contributed by atoms with Gasteiger partial charge in [-0.2, -0.15) is 0 Å². The number of fused-ring (bicyclic) bond motifs is 1. The van der Waals surface area contributed by atoms with Crippen LogP contribution in [0, 0.1) is 6.92 Å². The van der Waals surface area contributed by atoms with Crippen molar-refractivity contribution in [2.24, 2.45) is 0 Å². The van der Waals surface area contributed by atoms with Crippen molar-refractivity contribution >= 4 is 22.7 Å². The van der Waals surface area contributed by atoms with Gasteiger partial charge in [0.25, 0.3) is 0 Å². The molecule has 1 aromatic heterocycles. The van der Waals surface area contributed by atoms with Crippen LogP contribution >= 0.6 is 11.6 Å². The average Bonchev–Trinajstić information content (AvgIpc) is 2.95. The molecule has 0 aliphatic heterocycles. The smallest absolute Gasteiger partial charge is 0.192 e. The van der Waals surface area contributed by atoms with Gasteiger partial charge in [0.2, 0.25) is 0 Å². The molecular formula is C20H14ClNO. The summed E-state index contributed by atoms with van der Waals surface area (Å²) in [5.41, 5.74) is 6.08. The SMILES string of the molecule is Cc1nc2c(-c3ccccc3)cc(-c3ccc(Cl)cc3)cc2o1. The van der Waals surface area contributed by atoms with Crippen molar-refractivity contribution in [3.63, 3.8) is 0 Å². The summed E-state index contributed by atoms with van der Waals surface area (Å²) in [5, 5.41) is 0.730. The molecule has 0 aliphatic rings. The second-order valence-electron chi connectivity index (χ2n) is 5.48. The third kappa shape index (κ3) is 2.62. The van der Waals surface area contributed by atoms with E-state index in [1.165, 1.54) is 0 Å². The van der Waals surface area contributed by atoms with E-state index in [2.05, 4.69) is 23.2 Å². The number of nitrogens with zero attached hydrogens (tertiary/aromatic N) is 1. The summed E-state index contributed by atoms with van der Waals surface area (Å²) >= 11 is 6.00. The fourth-order valence-electron chi connectivity index (χ4n) is 2.79. The number of aromatic nitrogens is 1. The van der Waals surface area contributed by atoms with Crippen LogP contribution in [0.4, 0.5) is 0 Å². The molecule has 112 valence electrons. The predicted octanol–water partition coefficient (Wildman–Crippen LogP) is 6.12. The monoisotopic (exact) mass is 319 g/mol. The molecule has 0 bridgehead atoms. The zero-order valence-electron chi connectivity index (χ0n) is 12.6. The van der Waals surface area contributed by atoms with Gasteiger partial charge in [-0.05, 0) is 41.0 Å². The Morgan fingerprint density at radius 2 is 1.57 bits per heavy atom. The number of hydrogen-bond acceptors (Lipinski definition) is 2. The first-order valence-electron chi connectivity index (χ1n) is 7.43. The van der Waals surface area contributed by atoms with Crippen molar-refractivity contribution < 1.29 is 4.42 Å². The van der Waals surface area contributed by atoms with E-state index in [-0.39, 0.29) is 0 Å². The lowest BCUT2D eigenvalue weighted by Crippen LogP contribution is -1.84. The van der Waals surface area contributed by atoms with Gasteiger partial charge in [-0.15, -0.1) is 0 Å². The normalized spacial score (nSPS) is 11.0. The highest BCUT2D eigenvalue weighted by molar-refractivity contribution is 6.30. The Hall–Kier alpha value is -2.58. The van der Waals surface area contributed by atoms with Crippen LogP contribution in [0.2, 0.25) is 5.02 Å². The Kier molecular flexibility index (Phi) is 3.40. The fourth-order valence-corrected chi connectivity index (χ4v) is 2.91. The zero-order chi connectivity index (χ0) is 15.8. The molecule has 2 nitrogen and oxygen atoms in total. The van der Waals surface area contributed by atoms with Gasteiger partial charge in [-0.1, -0.05) is 54.1 Å². The summed E-state index contributed by atoms with van der Waals surface area (Å²) in [6.07, 6.45) is 0. The van der Waals surface area contributed by atoms with Crippen LogP contribution in [0.5, 0.6) is 0 Å². The van der Waals surface area contributed by atoms with E-state index in [9.17, 15) is 0 Å². The first-order valence-corrected chi connectivity index (χ1v) is 7.81. The van der Waals surface area contributed by atoms with Gasteiger partial charge in [0.1, 0.15) is 5.52 Å². The molecular weight excluding hydrogens is 306 g/mol. The third-order valence-electron chi connectivity index (χ3n) is 3.86. The van der Waals surface area contributed by atoms with Crippen LogP contribution in [0.1, 0.15) is 5.89 Å². The van der Waals surface area contributed by atoms with Gasteiger partial charge in [0.05, 0.1) is 0 Å². The molecule has 23 heavy (non-hydrogen) atoms. The molecule has 0 unspecified atom stereocenters. The lowest BCUT2D eigenvalue weighted by Gasteiger charge is -2.07. The highest BCUT2D eigenvalue weighted by Gasteiger charge is 2.12. The summed E-state index contributed by atoms with van der Waals surface area (Å²) in [5.74, 6) is 0.672. The van der Waals surface area contributed by atoms with Gasteiger partial charge in [-0.3, -0.25) is 0 Å². The number of rotatable bonds is 2. The molecule has 4 rings (SSSR count). The number of halogens is 1. The molecule has 0 saturated heterocycles. The van der Waals surface area contributed by atoms with E-state index in [4.69, 9.17) is 16.0 Å². The maximum Gasteiger partial charge on any atom is 0.192 e. The molecule has 0 radical (unpaired) electrons.